The molecule has 144 valence electrons. The van der Waals surface area contributed by atoms with Crippen molar-refractivity contribution in [2.24, 2.45) is 0 Å². The molecule has 3 heterocycles. The zero-order chi connectivity index (χ0) is 19.7. The van der Waals surface area contributed by atoms with E-state index in [1.807, 2.05) is 0 Å². The molecule has 1 aliphatic heterocycles. The Hall–Kier alpha value is -3.20. The molecule has 0 radical (unpaired) electrons. The van der Waals surface area contributed by atoms with Crippen LogP contribution in [0.4, 0.5) is 5.69 Å². The summed E-state index contributed by atoms with van der Waals surface area (Å²) in [5.41, 5.74) is -0.0360. The van der Waals surface area contributed by atoms with E-state index in [4.69, 9.17) is 20.4 Å². The van der Waals surface area contributed by atoms with Gasteiger partial charge < -0.3 is 13.7 Å². The van der Waals surface area contributed by atoms with Gasteiger partial charge in [0.2, 0.25) is 5.89 Å². The van der Waals surface area contributed by atoms with Gasteiger partial charge in [0, 0.05) is 30.6 Å². The number of carbonyl (C=O) groups is 1. The third kappa shape index (κ3) is 3.48. The first-order valence-electron chi connectivity index (χ1n) is 8.63. The van der Waals surface area contributed by atoms with E-state index < -0.39 is 4.92 Å². The molecule has 0 N–H and O–H groups in total. The van der Waals surface area contributed by atoms with Gasteiger partial charge in [0.15, 0.2) is 5.76 Å². The number of piperidine rings is 1. The number of furan rings is 1. The highest BCUT2D eigenvalue weighted by Gasteiger charge is 2.29. The van der Waals surface area contributed by atoms with Gasteiger partial charge in [-0.25, -0.2) is 0 Å². The highest BCUT2D eigenvalue weighted by Crippen LogP contribution is 2.31. The maximum absolute atomic E-state index is 12.7. The average molecular weight is 403 g/mol. The number of rotatable bonds is 4. The lowest BCUT2D eigenvalue weighted by molar-refractivity contribution is -0.384. The molecule has 1 amide bonds. The zero-order valence-electron chi connectivity index (χ0n) is 14.6. The largest absolute Gasteiger partial charge is 0.459 e. The number of halogens is 1. The molecule has 0 bridgehead atoms. The van der Waals surface area contributed by atoms with Crippen LogP contribution in [0.3, 0.4) is 0 Å². The van der Waals surface area contributed by atoms with Crippen molar-refractivity contribution >= 4 is 23.2 Å². The summed E-state index contributed by atoms with van der Waals surface area (Å²) in [4.78, 5) is 24.8. The van der Waals surface area contributed by atoms with E-state index in [1.165, 1.54) is 24.5 Å². The number of nitrogens with zero attached hydrogens (tertiary/aromatic N) is 4. The first kappa shape index (κ1) is 18.2. The Morgan fingerprint density at radius 1 is 1.25 bits per heavy atom. The molecular formula is C18H15ClN4O5. The van der Waals surface area contributed by atoms with Crippen LogP contribution in [0.25, 0.3) is 11.7 Å². The molecule has 0 unspecified atom stereocenters. The summed E-state index contributed by atoms with van der Waals surface area (Å²) in [7, 11) is 0. The molecule has 10 heteroatoms. The summed E-state index contributed by atoms with van der Waals surface area (Å²) in [5, 5.41) is 19.1. The highest BCUT2D eigenvalue weighted by atomic mass is 35.5. The summed E-state index contributed by atoms with van der Waals surface area (Å²) in [6.45, 7) is 0.969. The average Bonchev–Trinajstić information content (AvgIpc) is 3.39. The van der Waals surface area contributed by atoms with Crippen LogP contribution in [0, 0.1) is 10.1 Å². The predicted octanol–water partition coefficient (Wildman–Crippen LogP) is 3.91. The van der Waals surface area contributed by atoms with Gasteiger partial charge in [-0.15, -0.1) is 10.2 Å². The number of benzene rings is 1. The van der Waals surface area contributed by atoms with E-state index >= 15 is 0 Å². The summed E-state index contributed by atoms with van der Waals surface area (Å²) in [6.07, 6.45) is 2.84. The first-order valence-corrected chi connectivity index (χ1v) is 9.01. The van der Waals surface area contributed by atoms with E-state index in [1.54, 1.807) is 17.0 Å². The Bertz CT molecular complexity index is 1010. The first-order chi connectivity index (χ1) is 13.5. The van der Waals surface area contributed by atoms with E-state index in [0.29, 0.717) is 43.5 Å². The van der Waals surface area contributed by atoms with Gasteiger partial charge in [0.1, 0.15) is 5.02 Å². The number of hydrogen-bond donors (Lipinski definition) is 0. The molecular weight excluding hydrogens is 388 g/mol. The van der Waals surface area contributed by atoms with Gasteiger partial charge in [-0.1, -0.05) is 11.6 Å². The number of carbonyl (C=O) groups excluding carboxylic acids is 1. The summed E-state index contributed by atoms with van der Waals surface area (Å²) < 4.78 is 10.9. The normalized spacial score (nSPS) is 15.0. The number of aromatic nitrogens is 2. The second kappa shape index (κ2) is 7.43. The van der Waals surface area contributed by atoms with Crippen LogP contribution < -0.4 is 0 Å². The fourth-order valence-corrected chi connectivity index (χ4v) is 3.38. The minimum Gasteiger partial charge on any atom is -0.459 e. The number of amides is 1. The molecule has 1 saturated heterocycles. The van der Waals surface area contributed by atoms with Crippen molar-refractivity contribution in [2.45, 2.75) is 18.8 Å². The van der Waals surface area contributed by atoms with E-state index in [-0.39, 0.29) is 28.1 Å². The summed E-state index contributed by atoms with van der Waals surface area (Å²) in [6, 6.07) is 7.56. The van der Waals surface area contributed by atoms with Gasteiger partial charge in [0.25, 0.3) is 17.5 Å². The lowest BCUT2D eigenvalue weighted by Crippen LogP contribution is -2.38. The standard InChI is InChI=1S/C18H15ClN4O5/c19-13-4-3-12(10-14(13)23(25)26)18(24)22-7-5-11(6-8-22)16-20-21-17(28-16)15-2-1-9-27-15/h1-4,9-11H,5-8H2. The number of nitro groups is 1. The van der Waals surface area contributed by atoms with Gasteiger partial charge in [0.05, 0.1) is 11.2 Å². The second-order valence-corrected chi connectivity index (χ2v) is 6.82. The molecule has 0 aliphatic carbocycles. The minimum absolute atomic E-state index is 0.00372. The molecule has 2 aromatic heterocycles. The van der Waals surface area contributed by atoms with Crippen molar-refractivity contribution in [3.05, 3.63) is 63.2 Å². The Labute approximate surface area is 164 Å². The van der Waals surface area contributed by atoms with E-state index in [2.05, 4.69) is 10.2 Å². The molecule has 1 aliphatic rings. The Morgan fingerprint density at radius 3 is 2.71 bits per heavy atom. The number of hydrogen-bond acceptors (Lipinski definition) is 7. The van der Waals surface area contributed by atoms with Crippen LogP contribution in [-0.2, 0) is 0 Å². The second-order valence-electron chi connectivity index (χ2n) is 6.41. The van der Waals surface area contributed by atoms with Crippen LogP contribution in [0.1, 0.15) is 35.0 Å². The molecule has 0 saturated carbocycles. The fraction of sp³-hybridized carbons (Fsp3) is 0.278. The Morgan fingerprint density at radius 2 is 2.04 bits per heavy atom. The summed E-state index contributed by atoms with van der Waals surface area (Å²) >= 11 is 5.81. The van der Waals surface area contributed by atoms with Crippen LogP contribution >= 0.6 is 11.6 Å². The highest BCUT2D eigenvalue weighted by molar-refractivity contribution is 6.32. The molecule has 0 atom stereocenters. The molecule has 9 nitrogen and oxygen atoms in total. The molecule has 3 aromatic rings. The van der Waals surface area contributed by atoms with Gasteiger partial charge in [-0.2, -0.15) is 0 Å². The Kier molecular flexibility index (Phi) is 4.82. The molecule has 4 rings (SSSR count). The molecule has 1 fully saturated rings. The van der Waals surface area contributed by atoms with Gasteiger partial charge >= 0.3 is 0 Å². The third-order valence-electron chi connectivity index (χ3n) is 4.69. The van der Waals surface area contributed by atoms with Gasteiger partial charge in [-0.3, -0.25) is 14.9 Å². The van der Waals surface area contributed by atoms with Crippen LogP contribution in [0.2, 0.25) is 5.02 Å². The van der Waals surface area contributed by atoms with Crippen LogP contribution in [0.15, 0.2) is 45.4 Å². The lowest BCUT2D eigenvalue weighted by Gasteiger charge is -2.30. The smallest absolute Gasteiger partial charge is 0.288 e. The van der Waals surface area contributed by atoms with E-state index in [0.717, 1.165) is 0 Å². The third-order valence-corrected chi connectivity index (χ3v) is 5.01. The minimum atomic E-state index is -0.600. The van der Waals surface area contributed by atoms with Crippen molar-refractivity contribution in [1.82, 2.24) is 15.1 Å². The Balaban J connectivity index is 1.42. The van der Waals surface area contributed by atoms with Crippen molar-refractivity contribution in [3.8, 4) is 11.7 Å². The van der Waals surface area contributed by atoms with Gasteiger partial charge in [-0.05, 0) is 37.1 Å². The van der Waals surface area contributed by atoms with Crippen LogP contribution in [0.5, 0.6) is 0 Å². The zero-order valence-corrected chi connectivity index (χ0v) is 15.3. The maximum atomic E-state index is 12.7. The monoisotopic (exact) mass is 402 g/mol. The number of likely N-dealkylation sites (tertiary alicyclic amines) is 1. The van der Waals surface area contributed by atoms with E-state index in [9.17, 15) is 14.9 Å². The van der Waals surface area contributed by atoms with Crippen molar-refractivity contribution in [2.75, 3.05) is 13.1 Å². The SMILES string of the molecule is O=C(c1ccc(Cl)c([N+](=O)[O-])c1)N1CCC(c2nnc(-c3ccco3)o2)CC1. The number of nitro benzene ring substituents is 1. The quantitative estimate of drug-likeness (QED) is 0.479. The van der Waals surface area contributed by atoms with Crippen molar-refractivity contribution in [3.63, 3.8) is 0 Å². The van der Waals surface area contributed by atoms with Crippen molar-refractivity contribution < 1.29 is 18.6 Å². The lowest BCUT2D eigenvalue weighted by atomic mass is 9.96. The summed E-state index contributed by atoms with van der Waals surface area (Å²) in [5.74, 6) is 1.13. The fourth-order valence-electron chi connectivity index (χ4n) is 3.20. The molecule has 0 spiro atoms. The maximum Gasteiger partial charge on any atom is 0.288 e. The topological polar surface area (TPSA) is 116 Å². The predicted molar refractivity (Wildman–Crippen MR) is 98.0 cm³/mol. The molecule has 28 heavy (non-hydrogen) atoms. The van der Waals surface area contributed by atoms with Crippen LogP contribution in [-0.4, -0.2) is 39.0 Å². The molecule has 1 aromatic carbocycles. The van der Waals surface area contributed by atoms with Crippen molar-refractivity contribution in [1.29, 1.82) is 0 Å².